The Morgan fingerprint density at radius 1 is 0.962 bits per heavy atom. The molecule has 1 amide bonds. The van der Waals surface area contributed by atoms with Crippen LogP contribution in [0.4, 0.5) is 11.4 Å². The van der Waals surface area contributed by atoms with Gasteiger partial charge in [-0.2, -0.15) is 0 Å². The van der Waals surface area contributed by atoms with Crippen LogP contribution in [0.3, 0.4) is 0 Å². The molecule has 26 heavy (non-hydrogen) atoms. The first-order valence-corrected chi connectivity index (χ1v) is 9.49. The molecule has 3 nitrogen and oxygen atoms in total. The van der Waals surface area contributed by atoms with Crippen molar-refractivity contribution in [1.82, 2.24) is 0 Å². The molecule has 3 aromatic carbocycles. The van der Waals surface area contributed by atoms with Crippen LogP contribution in [0.5, 0.6) is 0 Å². The van der Waals surface area contributed by atoms with Gasteiger partial charge in [0.05, 0.1) is 10.7 Å². The van der Waals surface area contributed by atoms with E-state index in [2.05, 4.69) is 5.32 Å². The first-order chi connectivity index (χ1) is 12.5. The molecule has 1 unspecified atom stereocenters. The Hall–Kier alpha value is -2.14. The van der Waals surface area contributed by atoms with Crippen LogP contribution in [0.2, 0.25) is 10.0 Å². The van der Waals surface area contributed by atoms with Crippen LogP contribution in [0.1, 0.15) is 10.8 Å². The van der Waals surface area contributed by atoms with E-state index in [-0.39, 0.29) is 5.91 Å². The minimum Gasteiger partial charge on any atom is -0.399 e. The van der Waals surface area contributed by atoms with Crippen LogP contribution < -0.4 is 11.1 Å². The summed E-state index contributed by atoms with van der Waals surface area (Å²) in [7, 11) is 0. The van der Waals surface area contributed by atoms with Crippen molar-refractivity contribution >= 4 is 52.2 Å². The van der Waals surface area contributed by atoms with Crippen molar-refractivity contribution in [2.75, 3.05) is 11.1 Å². The molecule has 3 N–H and O–H groups in total. The molecule has 0 aliphatic carbocycles. The van der Waals surface area contributed by atoms with Crippen LogP contribution >= 0.6 is 35.0 Å². The second-order valence-electron chi connectivity index (χ2n) is 5.59. The largest absolute Gasteiger partial charge is 0.399 e. The van der Waals surface area contributed by atoms with Gasteiger partial charge in [0, 0.05) is 15.6 Å². The highest BCUT2D eigenvalue weighted by molar-refractivity contribution is 8.00. The molecule has 0 aliphatic rings. The van der Waals surface area contributed by atoms with E-state index in [0.717, 1.165) is 10.5 Å². The smallest absolute Gasteiger partial charge is 0.242 e. The third kappa shape index (κ3) is 4.73. The van der Waals surface area contributed by atoms with Crippen molar-refractivity contribution in [2.45, 2.75) is 10.1 Å². The van der Waals surface area contributed by atoms with Gasteiger partial charge in [-0.15, -0.1) is 11.8 Å². The Labute approximate surface area is 166 Å². The zero-order chi connectivity index (χ0) is 18.5. The van der Waals surface area contributed by atoms with Gasteiger partial charge in [-0.25, -0.2) is 0 Å². The van der Waals surface area contributed by atoms with E-state index in [1.807, 2.05) is 54.6 Å². The monoisotopic (exact) mass is 402 g/mol. The number of carbonyl (C=O) groups is 1. The molecule has 0 saturated carbocycles. The molecule has 6 heteroatoms. The van der Waals surface area contributed by atoms with Gasteiger partial charge in [0.1, 0.15) is 5.25 Å². The number of anilines is 2. The summed E-state index contributed by atoms with van der Waals surface area (Å²) < 4.78 is 0. The van der Waals surface area contributed by atoms with Crippen molar-refractivity contribution in [3.8, 4) is 0 Å². The summed E-state index contributed by atoms with van der Waals surface area (Å²) in [4.78, 5) is 13.9. The van der Waals surface area contributed by atoms with Crippen LogP contribution in [-0.2, 0) is 4.79 Å². The predicted octanol–water partition coefficient (Wildman–Crippen LogP) is 6.05. The Morgan fingerprint density at radius 3 is 2.42 bits per heavy atom. The minimum atomic E-state index is -0.454. The van der Waals surface area contributed by atoms with E-state index in [9.17, 15) is 4.79 Å². The van der Waals surface area contributed by atoms with Crippen molar-refractivity contribution in [3.05, 3.63) is 88.4 Å². The SMILES string of the molecule is Nc1cccc(SC(C(=O)Nc2ccc(Cl)cc2Cl)c2ccccc2)c1. The summed E-state index contributed by atoms with van der Waals surface area (Å²) in [6.45, 7) is 0. The van der Waals surface area contributed by atoms with Gasteiger partial charge in [0.25, 0.3) is 0 Å². The number of halogens is 2. The Morgan fingerprint density at radius 2 is 1.73 bits per heavy atom. The third-order valence-electron chi connectivity index (χ3n) is 3.64. The number of hydrogen-bond acceptors (Lipinski definition) is 3. The fraction of sp³-hybridized carbons (Fsp3) is 0.0500. The molecule has 0 radical (unpaired) electrons. The zero-order valence-electron chi connectivity index (χ0n) is 13.7. The molecule has 0 spiro atoms. The van der Waals surface area contributed by atoms with E-state index in [1.165, 1.54) is 11.8 Å². The van der Waals surface area contributed by atoms with E-state index < -0.39 is 5.25 Å². The summed E-state index contributed by atoms with van der Waals surface area (Å²) in [5, 5.41) is 3.35. The fourth-order valence-electron chi connectivity index (χ4n) is 2.41. The number of benzene rings is 3. The highest BCUT2D eigenvalue weighted by Gasteiger charge is 2.23. The number of nitrogen functional groups attached to an aromatic ring is 1. The zero-order valence-corrected chi connectivity index (χ0v) is 16.0. The van der Waals surface area contributed by atoms with Gasteiger partial charge in [-0.3, -0.25) is 4.79 Å². The Bertz CT molecular complexity index is 919. The van der Waals surface area contributed by atoms with Crippen molar-refractivity contribution in [3.63, 3.8) is 0 Å². The first-order valence-electron chi connectivity index (χ1n) is 7.86. The number of thioether (sulfide) groups is 1. The normalized spacial score (nSPS) is 11.8. The Balaban J connectivity index is 1.88. The molecule has 0 bridgehead atoms. The topological polar surface area (TPSA) is 55.1 Å². The standard InChI is InChI=1S/C20H16Cl2N2OS/c21-14-9-10-18(17(22)11-14)24-20(25)19(13-5-2-1-3-6-13)26-16-8-4-7-15(23)12-16/h1-12,19H,23H2,(H,24,25). The van der Waals surface area contributed by atoms with Gasteiger partial charge in [0.15, 0.2) is 0 Å². The van der Waals surface area contributed by atoms with E-state index in [1.54, 1.807) is 18.2 Å². The number of rotatable bonds is 5. The molecule has 0 heterocycles. The summed E-state index contributed by atoms with van der Waals surface area (Å²) in [5.74, 6) is -0.173. The molecular weight excluding hydrogens is 387 g/mol. The summed E-state index contributed by atoms with van der Waals surface area (Å²) in [6.07, 6.45) is 0. The van der Waals surface area contributed by atoms with Crippen LogP contribution in [0.25, 0.3) is 0 Å². The number of hydrogen-bond donors (Lipinski definition) is 2. The van der Waals surface area contributed by atoms with Gasteiger partial charge < -0.3 is 11.1 Å². The molecule has 132 valence electrons. The maximum absolute atomic E-state index is 13.0. The van der Waals surface area contributed by atoms with Crippen molar-refractivity contribution < 1.29 is 4.79 Å². The lowest BCUT2D eigenvalue weighted by Gasteiger charge is -2.18. The lowest BCUT2D eigenvalue weighted by Crippen LogP contribution is -2.19. The van der Waals surface area contributed by atoms with Gasteiger partial charge in [0.2, 0.25) is 5.91 Å². The molecule has 1 atom stereocenters. The average molecular weight is 403 g/mol. The number of carbonyl (C=O) groups excluding carboxylic acids is 1. The molecule has 0 aliphatic heterocycles. The Kier molecular flexibility index (Phi) is 6.09. The molecule has 3 rings (SSSR count). The van der Waals surface area contributed by atoms with E-state index >= 15 is 0 Å². The molecule has 0 aromatic heterocycles. The molecule has 0 fully saturated rings. The summed E-state index contributed by atoms with van der Waals surface area (Å²) in [6, 6.07) is 22.0. The van der Waals surface area contributed by atoms with Crippen LogP contribution in [0.15, 0.2) is 77.7 Å². The van der Waals surface area contributed by atoms with Gasteiger partial charge in [-0.1, -0.05) is 59.6 Å². The third-order valence-corrected chi connectivity index (χ3v) is 5.44. The summed E-state index contributed by atoms with van der Waals surface area (Å²) in [5.41, 5.74) is 7.93. The quantitative estimate of drug-likeness (QED) is 0.403. The maximum Gasteiger partial charge on any atom is 0.242 e. The lowest BCUT2D eigenvalue weighted by atomic mass is 10.1. The molecule has 0 saturated heterocycles. The summed E-state index contributed by atoms with van der Waals surface area (Å²) >= 11 is 13.5. The lowest BCUT2D eigenvalue weighted by molar-refractivity contribution is -0.115. The number of nitrogens with two attached hydrogens (primary N) is 1. The molecular formula is C20H16Cl2N2OS. The van der Waals surface area contributed by atoms with Gasteiger partial charge >= 0.3 is 0 Å². The van der Waals surface area contributed by atoms with Crippen LogP contribution in [0, 0.1) is 0 Å². The van der Waals surface area contributed by atoms with Crippen molar-refractivity contribution in [1.29, 1.82) is 0 Å². The highest BCUT2D eigenvalue weighted by Crippen LogP contribution is 2.37. The minimum absolute atomic E-state index is 0.173. The highest BCUT2D eigenvalue weighted by atomic mass is 35.5. The van der Waals surface area contributed by atoms with E-state index in [0.29, 0.717) is 21.4 Å². The fourth-order valence-corrected chi connectivity index (χ4v) is 3.96. The number of amides is 1. The number of nitrogens with one attached hydrogen (secondary N) is 1. The second-order valence-corrected chi connectivity index (χ2v) is 7.62. The average Bonchev–Trinajstić information content (AvgIpc) is 2.63. The van der Waals surface area contributed by atoms with Crippen molar-refractivity contribution in [2.24, 2.45) is 0 Å². The molecule has 3 aromatic rings. The van der Waals surface area contributed by atoms with Gasteiger partial charge in [-0.05, 0) is 42.0 Å². The van der Waals surface area contributed by atoms with Crippen LogP contribution in [-0.4, -0.2) is 5.91 Å². The first kappa shape index (κ1) is 18.6. The van der Waals surface area contributed by atoms with E-state index in [4.69, 9.17) is 28.9 Å². The predicted molar refractivity (Wildman–Crippen MR) is 111 cm³/mol. The maximum atomic E-state index is 13.0. The second kappa shape index (κ2) is 8.49.